The standard InChI is InChI=1S/C22H24N6O/c1-28(2)14-6-13-23-22-20-19(17-7-4-5-8-18(17)26-27-20)24-21(25-22)15-9-11-16(29-3)12-10-15/h4-5,7-12H,6,13-14H2,1-3H3,(H,23,24,25). The summed E-state index contributed by atoms with van der Waals surface area (Å²) in [6.07, 6.45) is 0.997. The van der Waals surface area contributed by atoms with Gasteiger partial charge in [0.2, 0.25) is 0 Å². The fraction of sp³-hybridized carbons (Fsp3) is 0.273. The maximum atomic E-state index is 5.27. The molecule has 0 saturated carbocycles. The summed E-state index contributed by atoms with van der Waals surface area (Å²) >= 11 is 0. The first kappa shape index (κ1) is 19.0. The van der Waals surface area contributed by atoms with Crippen molar-refractivity contribution in [3.8, 4) is 17.1 Å². The van der Waals surface area contributed by atoms with Crippen LogP contribution in [0.15, 0.2) is 48.5 Å². The molecule has 4 aromatic rings. The highest BCUT2D eigenvalue weighted by Gasteiger charge is 2.14. The Morgan fingerprint density at radius 1 is 0.931 bits per heavy atom. The molecule has 1 N–H and O–H groups in total. The molecule has 0 aliphatic carbocycles. The van der Waals surface area contributed by atoms with Crippen LogP contribution < -0.4 is 10.1 Å². The summed E-state index contributed by atoms with van der Waals surface area (Å²) in [6, 6.07) is 15.7. The van der Waals surface area contributed by atoms with Crippen LogP contribution in [0.5, 0.6) is 5.75 Å². The third-order valence-electron chi connectivity index (χ3n) is 4.72. The molecule has 0 atom stereocenters. The first-order chi connectivity index (χ1) is 14.2. The average molecular weight is 388 g/mol. The zero-order valence-electron chi connectivity index (χ0n) is 16.9. The lowest BCUT2D eigenvalue weighted by Gasteiger charge is -2.13. The van der Waals surface area contributed by atoms with Crippen LogP contribution in [-0.4, -0.2) is 59.4 Å². The molecule has 7 nitrogen and oxygen atoms in total. The average Bonchev–Trinajstić information content (AvgIpc) is 2.76. The van der Waals surface area contributed by atoms with Crippen molar-refractivity contribution >= 4 is 27.8 Å². The largest absolute Gasteiger partial charge is 0.497 e. The van der Waals surface area contributed by atoms with Gasteiger partial charge in [0.25, 0.3) is 0 Å². The van der Waals surface area contributed by atoms with Crippen LogP contribution in [0.1, 0.15) is 6.42 Å². The fourth-order valence-corrected chi connectivity index (χ4v) is 3.20. The quantitative estimate of drug-likeness (QED) is 0.383. The van der Waals surface area contributed by atoms with Gasteiger partial charge >= 0.3 is 0 Å². The number of anilines is 1. The van der Waals surface area contributed by atoms with Crippen LogP contribution in [0.4, 0.5) is 5.82 Å². The van der Waals surface area contributed by atoms with Crippen molar-refractivity contribution in [3.05, 3.63) is 48.5 Å². The SMILES string of the molecule is COc1ccc(-c2nc(NCCCN(C)C)c3nnc4ccccc4c3n2)cc1. The van der Waals surface area contributed by atoms with E-state index < -0.39 is 0 Å². The van der Waals surface area contributed by atoms with Crippen LogP contribution in [0.25, 0.3) is 33.3 Å². The van der Waals surface area contributed by atoms with E-state index in [1.807, 2.05) is 48.5 Å². The number of nitrogens with zero attached hydrogens (tertiary/aromatic N) is 5. The Balaban J connectivity index is 1.81. The van der Waals surface area contributed by atoms with Crippen molar-refractivity contribution in [2.24, 2.45) is 0 Å². The zero-order valence-corrected chi connectivity index (χ0v) is 16.9. The van der Waals surface area contributed by atoms with Gasteiger partial charge in [0.1, 0.15) is 11.3 Å². The smallest absolute Gasteiger partial charge is 0.162 e. The molecule has 148 valence electrons. The number of benzene rings is 2. The Morgan fingerprint density at radius 2 is 1.72 bits per heavy atom. The molecule has 0 fully saturated rings. The minimum Gasteiger partial charge on any atom is -0.497 e. The molecule has 0 bridgehead atoms. The summed E-state index contributed by atoms with van der Waals surface area (Å²) in [5, 5.41) is 13.2. The lowest BCUT2D eigenvalue weighted by molar-refractivity contribution is 0.405. The van der Waals surface area contributed by atoms with E-state index in [1.165, 1.54) is 0 Å². The highest BCUT2D eigenvalue weighted by molar-refractivity contribution is 6.04. The zero-order chi connectivity index (χ0) is 20.2. The van der Waals surface area contributed by atoms with Gasteiger partial charge < -0.3 is 15.0 Å². The molecule has 0 amide bonds. The minimum absolute atomic E-state index is 0.647. The number of hydrogen-bond acceptors (Lipinski definition) is 7. The Labute approximate surface area is 169 Å². The van der Waals surface area contributed by atoms with Crippen molar-refractivity contribution in [2.75, 3.05) is 39.6 Å². The Bertz CT molecular complexity index is 1130. The van der Waals surface area contributed by atoms with Gasteiger partial charge in [-0.2, -0.15) is 0 Å². The molecule has 0 radical (unpaired) electrons. The van der Waals surface area contributed by atoms with Crippen molar-refractivity contribution in [3.63, 3.8) is 0 Å². The third kappa shape index (κ3) is 4.09. The van der Waals surface area contributed by atoms with E-state index in [-0.39, 0.29) is 0 Å². The second-order valence-corrected chi connectivity index (χ2v) is 7.12. The van der Waals surface area contributed by atoms with E-state index in [1.54, 1.807) is 7.11 Å². The summed E-state index contributed by atoms with van der Waals surface area (Å²) in [6.45, 7) is 1.79. The van der Waals surface area contributed by atoms with Crippen molar-refractivity contribution in [1.29, 1.82) is 0 Å². The maximum absolute atomic E-state index is 5.27. The number of fused-ring (bicyclic) bond motifs is 3. The Morgan fingerprint density at radius 3 is 2.48 bits per heavy atom. The van der Waals surface area contributed by atoms with Crippen LogP contribution in [-0.2, 0) is 0 Å². The number of nitrogens with one attached hydrogen (secondary N) is 1. The number of ether oxygens (including phenoxy) is 1. The number of methoxy groups -OCH3 is 1. The van der Waals surface area contributed by atoms with E-state index in [0.717, 1.165) is 47.2 Å². The normalized spacial score (nSPS) is 11.3. The van der Waals surface area contributed by atoms with Gasteiger partial charge in [0.15, 0.2) is 17.2 Å². The summed E-state index contributed by atoms with van der Waals surface area (Å²) < 4.78 is 5.27. The van der Waals surface area contributed by atoms with E-state index in [4.69, 9.17) is 14.7 Å². The van der Waals surface area contributed by atoms with Crippen molar-refractivity contribution < 1.29 is 4.74 Å². The van der Waals surface area contributed by atoms with Gasteiger partial charge in [-0.05, 0) is 57.4 Å². The van der Waals surface area contributed by atoms with Gasteiger partial charge in [-0.15, -0.1) is 10.2 Å². The van der Waals surface area contributed by atoms with E-state index >= 15 is 0 Å². The van der Waals surface area contributed by atoms with Crippen LogP contribution in [0, 0.1) is 0 Å². The second-order valence-electron chi connectivity index (χ2n) is 7.12. The molecule has 0 aliphatic heterocycles. The predicted molar refractivity (Wildman–Crippen MR) is 116 cm³/mol. The topological polar surface area (TPSA) is 76.1 Å². The Hall–Kier alpha value is -3.32. The lowest BCUT2D eigenvalue weighted by atomic mass is 10.1. The van der Waals surface area contributed by atoms with Gasteiger partial charge in [0, 0.05) is 17.5 Å². The summed E-state index contributed by atoms with van der Waals surface area (Å²) in [7, 11) is 5.79. The summed E-state index contributed by atoms with van der Waals surface area (Å²) in [4.78, 5) is 11.8. The maximum Gasteiger partial charge on any atom is 0.162 e. The molecule has 2 aromatic heterocycles. The van der Waals surface area contributed by atoms with E-state index in [2.05, 4.69) is 34.5 Å². The molecule has 29 heavy (non-hydrogen) atoms. The lowest BCUT2D eigenvalue weighted by Crippen LogP contribution is -2.17. The summed E-state index contributed by atoms with van der Waals surface area (Å²) in [5.41, 5.74) is 3.22. The molecule has 2 aromatic carbocycles. The van der Waals surface area contributed by atoms with Crippen LogP contribution >= 0.6 is 0 Å². The molecule has 0 aliphatic rings. The molecule has 0 spiro atoms. The minimum atomic E-state index is 0.647. The highest BCUT2D eigenvalue weighted by atomic mass is 16.5. The first-order valence-electron chi connectivity index (χ1n) is 9.62. The van der Waals surface area contributed by atoms with Crippen molar-refractivity contribution in [1.82, 2.24) is 25.1 Å². The monoisotopic (exact) mass is 388 g/mol. The van der Waals surface area contributed by atoms with Gasteiger partial charge in [-0.25, -0.2) is 9.97 Å². The summed E-state index contributed by atoms with van der Waals surface area (Å²) in [5.74, 6) is 2.15. The molecular formula is C22H24N6O. The molecule has 0 unspecified atom stereocenters. The highest BCUT2D eigenvalue weighted by Crippen LogP contribution is 2.28. The van der Waals surface area contributed by atoms with Gasteiger partial charge in [-0.1, -0.05) is 18.2 Å². The molecule has 7 heteroatoms. The molecule has 0 saturated heterocycles. The first-order valence-corrected chi connectivity index (χ1v) is 9.62. The number of rotatable bonds is 7. The second kappa shape index (κ2) is 8.36. The third-order valence-corrected chi connectivity index (χ3v) is 4.72. The Kier molecular flexibility index (Phi) is 5.48. The fourth-order valence-electron chi connectivity index (χ4n) is 3.20. The number of aromatic nitrogens is 4. The van der Waals surface area contributed by atoms with Crippen LogP contribution in [0.3, 0.4) is 0 Å². The van der Waals surface area contributed by atoms with Crippen LogP contribution in [0.2, 0.25) is 0 Å². The van der Waals surface area contributed by atoms with Gasteiger partial charge in [0.05, 0.1) is 12.6 Å². The molecular weight excluding hydrogens is 364 g/mol. The number of hydrogen-bond donors (Lipinski definition) is 1. The van der Waals surface area contributed by atoms with E-state index in [0.29, 0.717) is 17.2 Å². The molecule has 2 heterocycles. The predicted octanol–water partition coefficient (Wildman–Crippen LogP) is 3.61. The van der Waals surface area contributed by atoms with Gasteiger partial charge in [-0.3, -0.25) is 0 Å². The van der Waals surface area contributed by atoms with E-state index in [9.17, 15) is 0 Å². The van der Waals surface area contributed by atoms with Crippen molar-refractivity contribution in [2.45, 2.75) is 6.42 Å². The molecule has 4 rings (SSSR count).